The van der Waals surface area contributed by atoms with E-state index in [9.17, 15) is 9.70 Å². The maximum Gasteiger partial charge on any atom is 0.303 e. The first-order valence-electron chi connectivity index (χ1n) is 6.50. The van der Waals surface area contributed by atoms with Crippen molar-refractivity contribution in [3.05, 3.63) is 46.4 Å². The molecule has 1 aromatic rings. The fourth-order valence-corrected chi connectivity index (χ4v) is 2.10. The van der Waals surface area contributed by atoms with Crippen molar-refractivity contribution in [1.82, 2.24) is 0 Å². The van der Waals surface area contributed by atoms with Gasteiger partial charge in [-0.15, -0.1) is 4.91 Å². The molecule has 0 saturated carbocycles. The van der Waals surface area contributed by atoms with Gasteiger partial charge in [-0.2, -0.15) is 0 Å². The first-order chi connectivity index (χ1) is 9.13. The first kappa shape index (κ1) is 15.2. The van der Waals surface area contributed by atoms with Gasteiger partial charge >= 0.3 is 5.91 Å². The van der Waals surface area contributed by atoms with Crippen LogP contribution < -0.4 is 5.73 Å². The summed E-state index contributed by atoms with van der Waals surface area (Å²) in [7, 11) is 0. The zero-order chi connectivity index (χ0) is 14.3. The Balaban J connectivity index is 2.98. The lowest BCUT2D eigenvalue weighted by Gasteiger charge is -2.14. The summed E-state index contributed by atoms with van der Waals surface area (Å²) in [6, 6.07) is 7.20. The van der Waals surface area contributed by atoms with E-state index >= 15 is 0 Å². The number of nitrogens with zero attached hydrogens (tertiary/aromatic N) is 1. The van der Waals surface area contributed by atoms with E-state index in [-0.39, 0.29) is 0 Å². The first-order valence-corrected chi connectivity index (χ1v) is 6.50. The van der Waals surface area contributed by atoms with Gasteiger partial charge in [0, 0.05) is 5.18 Å². The van der Waals surface area contributed by atoms with Crippen molar-refractivity contribution in [2.75, 3.05) is 0 Å². The molecule has 0 aliphatic heterocycles. The third-order valence-electron chi connectivity index (χ3n) is 3.08. The second-order valence-electron chi connectivity index (χ2n) is 4.46. The second-order valence-corrected chi connectivity index (χ2v) is 4.46. The van der Waals surface area contributed by atoms with Crippen LogP contribution in [0.2, 0.25) is 0 Å². The van der Waals surface area contributed by atoms with Crippen LogP contribution in [0.25, 0.3) is 5.57 Å². The maximum absolute atomic E-state index is 11.2. The summed E-state index contributed by atoms with van der Waals surface area (Å²) in [5.74, 6) is -0.799. The lowest BCUT2D eigenvalue weighted by atomic mass is 9.92. The molecule has 102 valence electrons. The summed E-state index contributed by atoms with van der Waals surface area (Å²) in [6.45, 7) is 4.03. The van der Waals surface area contributed by atoms with Gasteiger partial charge in [-0.3, -0.25) is 4.79 Å². The molecule has 1 atom stereocenters. The van der Waals surface area contributed by atoms with Gasteiger partial charge in [-0.1, -0.05) is 43.7 Å². The Bertz CT molecular complexity index is 481. The quantitative estimate of drug-likeness (QED) is 0.799. The second kappa shape index (κ2) is 7.59. The molecule has 0 saturated heterocycles. The third-order valence-corrected chi connectivity index (χ3v) is 3.08. The largest absolute Gasteiger partial charge is 0.319 e. The fourth-order valence-electron chi connectivity index (χ4n) is 2.10. The molecule has 0 heterocycles. The lowest BCUT2D eigenvalue weighted by Crippen LogP contribution is -2.29. The smallest absolute Gasteiger partial charge is 0.303 e. The Morgan fingerprint density at radius 2 is 2.11 bits per heavy atom. The Morgan fingerprint density at radius 1 is 1.42 bits per heavy atom. The van der Waals surface area contributed by atoms with Crippen LogP contribution in [-0.4, -0.2) is 11.9 Å². The molecule has 1 rings (SSSR count). The molecule has 0 aliphatic carbocycles. The van der Waals surface area contributed by atoms with Crippen LogP contribution in [-0.2, 0) is 11.2 Å². The highest BCUT2D eigenvalue weighted by atomic mass is 16.3. The Hall–Kier alpha value is -1.81. The SMILES string of the molecule is C/C=C(/C[C@H](N)C(=O)N=O)c1ccccc1CCC. The van der Waals surface area contributed by atoms with Crippen molar-refractivity contribution in [3.8, 4) is 0 Å². The van der Waals surface area contributed by atoms with Gasteiger partial charge in [-0.05, 0) is 36.5 Å². The van der Waals surface area contributed by atoms with Crippen molar-refractivity contribution >= 4 is 11.5 Å². The van der Waals surface area contributed by atoms with Gasteiger partial charge in [-0.25, -0.2) is 0 Å². The highest BCUT2D eigenvalue weighted by molar-refractivity contribution is 5.85. The predicted molar refractivity (Wildman–Crippen MR) is 77.5 cm³/mol. The molecule has 0 unspecified atom stereocenters. The number of allylic oxidation sites excluding steroid dienone is 1. The van der Waals surface area contributed by atoms with E-state index in [4.69, 9.17) is 5.73 Å². The summed E-state index contributed by atoms with van der Waals surface area (Å²) in [6.07, 6.45) is 4.30. The highest BCUT2D eigenvalue weighted by Crippen LogP contribution is 2.24. The number of nitrogens with two attached hydrogens (primary N) is 1. The molecule has 1 aromatic carbocycles. The summed E-state index contributed by atoms with van der Waals surface area (Å²) in [5, 5.41) is 2.39. The van der Waals surface area contributed by atoms with Crippen LogP contribution in [0.1, 0.15) is 37.8 Å². The summed E-state index contributed by atoms with van der Waals surface area (Å²) < 4.78 is 0. The molecule has 0 fully saturated rings. The van der Waals surface area contributed by atoms with E-state index < -0.39 is 11.9 Å². The van der Waals surface area contributed by atoms with E-state index in [2.05, 4.69) is 18.2 Å². The maximum atomic E-state index is 11.2. The monoisotopic (exact) mass is 260 g/mol. The predicted octanol–water partition coefficient (Wildman–Crippen LogP) is 3.05. The van der Waals surface area contributed by atoms with E-state index in [1.807, 2.05) is 31.2 Å². The zero-order valence-electron chi connectivity index (χ0n) is 11.4. The van der Waals surface area contributed by atoms with Gasteiger partial charge in [0.25, 0.3) is 0 Å². The van der Waals surface area contributed by atoms with E-state index in [1.165, 1.54) is 5.56 Å². The molecule has 0 spiro atoms. The molecule has 2 N–H and O–H groups in total. The minimum Gasteiger partial charge on any atom is -0.319 e. The molecule has 0 bridgehead atoms. The molecule has 4 heteroatoms. The van der Waals surface area contributed by atoms with Crippen LogP contribution in [0.15, 0.2) is 35.5 Å². The van der Waals surface area contributed by atoms with Crippen molar-refractivity contribution in [2.45, 2.75) is 39.2 Å². The highest BCUT2D eigenvalue weighted by Gasteiger charge is 2.17. The van der Waals surface area contributed by atoms with Crippen molar-refractivity contribution < 1.29 is 4.79 Å². The Kier molecular flexibility index (Phi) is 6.09. The van der Waals surface area contributed by atoms with Crippen molar-refractivity contribution in [2.24, 2.45) is 10.9 Å². The third kappa shape index (κ3) is 4.10. The molecule has 4 nitrogen and oxygen atoms in total. The van der Waals surface area contributed by atoms with Crippen molar-refractivity contribution in [3.63, 3.8) is 0 Å². The van der Waals surface area contributed by atoms with Crippen LogP contribution in [0.5, 0.6) is 0 Å². The molecular formula is C15H20N2O2. The molecule has 0 aliphatic rings. The number of carbonyl (C=O) groups is 1. The van der Waals surface area contributed by atoms with Crippen LogP contribution in [0, 0.1) is 4.91 Å². The summed E-state index contributed by atoms with van der Waals surface area (Å²) in [5.41, 5.74) is 8.99. The van der Waals surface area contributed by atoms with E-state index in [1.54, 1.807) is 0 Å². The summed E-state index contributed by atoms with van der Waals surface area (Å²) in [4.78, 5) is 21.4. The van der Waals surface area contributed by atoms with E-state index in [0.717, 1.165) is 24.0 Å². The number of amides is 1. The zero-order valence-corrected chi connectivity index (χ0v) is 11.4. The lowest BCUT2D eigenvalue weighted by molar-refractivity contribution is -0.119. The van der Waals surface area contributed by atoms with Crippen LogP contribution in [0.3, 0.4) is 0 Å². The number of benzene rings is 1. The molecule has 19 heavy (non-hydrogen) atoms. The van der Waals surface area contributed by atoms with Gasteiger partial charge in [0.15, 0.2) is 0 Å². The standard InChI is InChI=1S/C15H20N2O2/c1-3-7-12-8-5-6-9-13(12)11(4-2)10-14(16)15(18)17-19/h4-6,8-9,14H,3,7,10,16H2,1-2H3/b11-4-/t14-/m0/s1. The van der Waals surface area contributed by atoms with Gasteiger partial charge in [0.1, 0.15) is 0 Å². The molecule has 1 amide bonds. The number of rotatable bonds is 6. The number of carbonyl (C=O) groups excluding carboxylic acids is 1. The topological polar surface area (TPSA) is 72.5 Å². The molecule has 0 aromatic heterocycles. The Morgan fingerprint density at radius 3 is 2.68 bits per heavy atom. The fraction of sp³-hybridized carbons (Fsp3) is 0.400. The molecule has 0 radical (unpaired) electrons. The number of aryl methyl sites for hydroxylation is 1. The minimum absolute atomic E-state index is 0.335. The van der Waals surface area contributed by atoms with Crippen LogP contribution in [0.4, 0.5) is 0 Å². The van der Waals surface area contributed by atoms with Gasteiger partial charge < -0.3 is 5.73 Å². The normalized spacial score (nSPS) is 13.1. The van der Waals surface area contributed by atoms with Crippen LogP contribution >= 0.6 is 0 Å². The van der Waals surface area contributed by atoms with E-state index in [0.29, 0.717) is 6.42 Å². The Labute approximate surface area is 113 Å². The number of hydrogen-bond acceptors (Lipinski definition) is 3. The summed E-state index contributed by atoms with van der Waals surface area (Å²) >= 11 is 0. The number of hydrogen-bond donors (Lipinski definition) is 1. The molecular weight excluding hydrogens is 240 g/mol. The number of nitroso groups, excluding NO2 is 1. The van der Waals surface area contributed by atoms with Crippen molar-refractivity contribution in [1.29, 1.82) is 0 Å². The average Bonchev–Trinajstić information content (AvgIpc) is 2.44. The van der Waals surface area contributed by atoms with Gasteiger partial charge in [0.2, 0.25) is 0 Å². The minimum atomic E-state index is -0.863. The van der Waals surface area contributed by atoms with Gasteiger partial charge in [0.05, 0.1) is 6.04 Å². The average molecular weight is 260 g/mol.